The van der Waals surface area contributed by atoms with Crippen molar-refractivity contribution in [2.24, 2.45) is 5.92 Å². The lowest BCUT2D eigenvalue weighted by atomic mass is 9.85. The minimum Gasteiger partial charge on any atom is -0.489 e. The van der Waals surface area contributed by atoms with Crippen molar-refractivity contribution in [3.05, 3.63) is 65.7 Å². The second-order valence-corrected chi connectivity index (χ2v) is 10.9. The average Bonchev–Trinajstić information content (AvgIpc) is 3.01. The topological polar surface area (TPSA) is 60.5 Å². The van der Waals surface area contributed by atoms with Gasteiger partial charge in [0.15, 0.2) is 0 Å². The first kappa shape index (κ1) is 30.7. The van der Waals surface area contributed by atoms with Crippen molar-refractivity contribution >= 4 is 5.78 Å². The molecule has 220 valence electrons. The molecule has 1 saturated carbocycles. The largest absolute Gasteiger partial charge is 0.489 e. The third-order valence-electron chi connectivity index (χ3n) is 7.89. The number of ketones is 1. The Labute approximate surface area is 240 Å². The Morgan fingerprint density at radius 1 is 0.675 bits per heavy atom. The van der Waals surface area contributed by atoms with Crippen molar-refractivity contribution in [2.45, 2.75) is 51.7 Å². The lowest BCUT2D eigenvalue weighted by Gasteiger charge is -2.34. The Hall–Kier alpha value is -2.29. The highest BCUT2D eigenvalue weighted by atomic mass is 16.5. The molecule has 0 aromatic heterocycles. The number of benzene rings is 2. The van der Waals surface area contributed by atoms with Gasteiger partial charge in [0.05, 0.1) is 39.6 Å². The van der Waals surface area contributed by atoms with E-state index in [2.05, 4.69) is 34.1 Å². The molecule has 0 atom stereocenters. The lowest BCUT2D eigenvalue weighted by molar-refractivity contribution is -0.125. The summed E-state index contributed by atoms with van der Waals surface area (Å²) < 4.78 is 22.8. The number of hydrogen-bond donors (Lipinski definition) is 0. The van der Waals surface area contributed by atoms with Crippen LogP contribution in [0.2, 0.25) is 0 Å². The maximum Gasteiger partial charge on any atom is 0.138 e. The van der Waals surface area contributed by atoms with Gasteiger partial charge in [0.1, 0.15) is 18.1 Å². The Morgan fingerprint density at radius 3 is 1.98 bits per heavy atom. The highest BCUT2D eigenvalue weighted by Gasteiger charge is 2.20. The van der Waals surface area contributed by atoms with Crippen LogP contribution in [0.1, 0.15) is 49.7 Å². The zero-order valence-corrected chi connectivity index (χ0v) is 24.1. The van der Waals surface area contributed by atoms with E-state index in [4.69, 9.17) is 18.9 Å². The molecule has 0 spiro atoms. The maximum absolute atomic E-state index is 12.2. The van der Waals surface area contributed by atoms with E-state index in [1.54, 1.807) is 0 Å². The van der Waals surface area contributed by atoms with Gasteiger partial charge >= 0.3 is 0 Å². The molecule has 1 aliphatic heterocycles. The van der Waals surface area contributed by atoms with Crippen LogP contribution in [0.15, 0.2) is 54.6 Å². The Kier molecular flexibility index (Phi) is 14.0. The van der Waals surface area contributed by atoms with Gasteiger partial charge < -0.3 is 18.9 Å². The maximum atomic E-state index is 12.2. The van der Waals surface area contributed by atoms with E-state index >= 15 is 0 Å². The van der Waals surface area contributed by atoms with E-state index in [1.165, 1.54) is 30.4 Å². The van der Waals surface area contributed by atoms with Crippen LogP contribution in [-0.2, 0) is 32.2 Å². The minimum atomic E-state index is 0.282. The van der Waals surface area contributed by atoms with E-state index in [0.29, 0.717) is 51.8 Å². The molecule has 1 heterocycles. The fourth-order valence-corrected chi connectivity index (χ4v) is 5.39. The molecule has 4 rings (SSSR count). The number of rotatable bonds is 18. The molecule has 7 nitrogen and oxygen atoms in total. The highest BCUT2D eigenvalue weighted by molar-refractivity contribution is 5.81. The van der Waals surface area contributed by atoms with Crippen LogP contribution in [0.5, 0.6) is 5.75 Å². The quantitative estimate of drug-likeness (QED) is 0.242. The van der Waals surface area contributed by atoms with Crippen LogP contribution < -0.4 is 4.74 Å². The van der Waals surface area contributed by atoms with Crippen molar-refractivity contribution < 1.29 is 23.7 Å². The number of nitrogens with zero attached hydrogens (tertiary/aromatic N) is 2. The predicted octanol–water partition coefficient (Wildman–Crippen LogP) is 4.97. The smallest absolute Gasteiger partial charge is 0.138 e. The van der Waals surface area contributed by atoms with Crippen LogP contribution in [0, 0.1) is 5.92 Å². The normalized spacial score (nSPS) is 17.2. The van der Waals surface area contributed by atoms with Crippen LogP contribution in [0.4, 0.5) is 0 Å². The standard InChI is InChI=1S/C33H48N2O5/c36-33(31-7-3-1-4-8-31)15-21-37-23-25-39-26-24-38-22-20-34-16-18-35(19-17-34)27-29-11-13-30(14-12-29)28-40-32-9-5-2-6-10-32/h2,5-6,9-14,31H,1,3-4,7-8,15-28H2. The molecular weight excluding hydrogens is 504 g/mol. The number of piperazine rings is 1. The monoisotopic (exact) mass is 552 g/mol. The third-order valence-corrected chi connectivity index (χ3v) is 7.89. The molecule has 0 bridgehead atoms. The van der Waals surface area contributed by atoms with Gasteiger partial charge in [0.2, 0.25) is 0 Å². The first-order valence-corrected chi connectivity index (χ1v) is 15.2. The number of hydrogen-bond acceptors (Lipinski definition) is 7. The summed E-state index contributed by atoms with van der Waals surface area (Å²) in [5.74, 6) is 1.57. The van der Waals surface area contributed by atoms with Crippen LogP contribution >= 0.6 is 0 Å². The summed E-state index contributed by atoms with van der Waals surface area (Å²) in [7, 11) is 0. The first-order valence-electron chi connectivity index (χ1n) is 15.2. The Bertz CT molecular complexity index is 941. The summed E-state index contributed by atoms with van der Waals surface area (Å²) >= 11 is 0. The van der Waals surface area contributed by atoms with Gasteiger partial charge in [-0.15, -0.1) is 0 Å². The Morgan fingerprint density at radius 2 is 1.27 bits per heavy atom. The number of para-hydroxylation sites is 1. The van der Waals surface area contributed by atoms with Gasteiger partial charge in [-0.2, -0.15) is 0 Å². The van der Waals surface area contributed by atoms with Gasteiger partial charge in [0, 0.05) is 51.6 Å². The Balaban J connectivity index is 0.945. The van der Waals surface area contributed by atoms with Gasteiger partial charge in [-0.25, -0.2) is 0 Å². The second kappa shape index (κ2) is 18.2. The zero-order valence-electron chi connectivity index (χ0n) is 24.1. The molecular formula is C33H48N2O5. The summed E-state index contributed by atoms with van der Waals surface area (Å²) in [6, 6.07) is 18.7. The molecule has 2 aliphatic rings. The van der Waals surface area contributed by atoms with Gasteiger partial charge in [-0.05, 0) is 36.1 Å². The summed E-state index contributed by atoms with van der Waals surface area (Å²) in [4.78, 5) is 17.2. The summed E-state index contributed by atoms with van der Waals surface area (Å²) in [6.07, 6.45) is 6.36. The number of ether oxygens (including phenoxy) is 4. The molecule has 0 radical (unpaired) electrons. The van der Waals surface area contributed by atoms with Crippen LogP contribution in [0.25, 0.3) is 0 Å². The van der Waals surface area contributed by atoms with E-state index in [0.717, 1.165) is 64.5 Å². The number of carbonyl (C=O) groups excluding carboxylic acids is 1. The van der Waals surface area contributed by atoms with Crippen molar-refractivity contribution in [1.29, 1.82) is 0 Å². The molecule has 7 heteroatoms. The molecule has 0 N–H and O–H groups in total. The fourth-order valence-electron chi connectivity index (χ4n) is 5.39. The molecule has 1 saturated heterocycles. The van der Waals surface area contributed by atoms with Gasteiger partial charge in [0.25, 0.3) is 0 Å². The number of carbonyl (C=O) groups is 1. The molecule has 1 aliphatic carbocycles. The second-order valence-electron chi connectivity index (χ2n) is 10.9. The molecule has 0 amide bonds. The predicted molar refractivity (Wildman–Crippen MR) is 158 cm³/mol. The minimum absolute atomic E-state index is 0.282. The first-order chi connectivity index (χ1) is 19.8. The van der Waals surface area contributed by atoms with E-state index in [9.17, 15) is 4.79 Å². The van der Waals surface area contributed by atoms with E-state index < -0.39 is 0 Å². The third kappa shape index (κ3) is 11.7. The SMILES string of the molecule is O=C(CCOCCOCCOCCN1CCN(Cc2ccc(COc3ccccc3)cc2)CC1)C1CCCCC1. The van der Waals surface area contributed by atoms with Crippen molar-refractivity contribution in [1.82, 2.24) is 9.80 Å². The zero-order chi connectivity index (χ0) is 27.7. The molecule has 0 unspecified atom stereocenters. The van der Waals surface area contributed by atoms with E-state index in [1.807, 2.05) is 30.3 Å². The lowest BCUT2D eigenvalue weighted by Crippen LogP contribution is -2.46. The average molecular weight is 553 g/mol. The fraction of sp³-hybridized carbons (Fsp3) is 0.606. The van der Waals surface area contributed by atoms with Crippen molar-refractivity contribution in [3.8, 4) is 5.75 Å². The van der Waals surface area contributed by atoms with Crippen molar-refractivity contribution in [2.75, 3.05) is 72.4 Å². The number of Topliss-reactive ketones (excluding diaryl/α,β-unsaturated/α-hetero) is 1. The van der Waals surface area contributed by atoms with Gasteiger partial charge in [-0.1, -0.05) is 61.7 Å². The highest BCUT2D eigenvalue weighted by Crippen LogP contribution is 2.25. The molecule has 2 aromatic rings. The van der Waals surface area contributed by atoms with Crippen molar-refractivity contribution in [3.63, 3.8) is 0 Å². The van der Waals surface area contributed by atoms with Crippen LogP contribution in [-0.4, -0.2) is 87.9 Å². The summed E-state index contributed by atoms with van der Waals surface area (Å²) in [5.41, 5.74) is 2.53. The van der Waals surface area contributed by atoms with Crippen LogP contribution in [0.3, 0.4) is 0 Å². The summed E-state index contributed by atoms with van der Waals surface area (Å²) in [6.45, 7) is 10.4. The molecule has 40 heavy (non-hydrogen) atoms. The van der Waals surface area contributed by atoms with Gasteiger partial charge in [-0.3, -0.25) is 14.6 Å². The molecule has 2 aromatic carbocycles. The summed E-state index contributed by atoms with van der Waals surface area (Å²) in [5, 5.41) is 0. The van der Waals surface area contributed by atoms with E-state index in [-0.39, 0.29) is 5.92 Å². The molecule has 2 fully saturated rings.